The maximum atomic E-state index is 12.2. The molecule has 0 saturated heterocycles. The van der Waals surface area contributed by atoms with E-state index in [0.29, 0.717) is 17.9 Å². The summed E-state index contributed by atoms with van der Waals surface area (Å²) in [5, 5.41) is 10.5. The molecule has 0 unspecified atom stereocenters. The average molecular weight is 285 g/mol. The van der Waals surface area contributed by atoms with E-state index < -0.39 is 10.0 Å². The standard InChI is InChI=1S/C11H15N3O2S2/c1-7-5-17-6-10(7)4-12-18(15,16)11-8(2)13-14-9(11)3/h5-6,12H,4H2,1-3H3,(H,13,14). The maximum absolute atomic E-state index is 12.2. The number of H-pyrrole nitrogens is 1. The first-order chi connectivity index (χ1) is 8.42. The Balaban J connectivity index is 2.21. The summed E-state index contributed by atoms with van der Waals surface area (Å²) >= 11 is 1.57. The van der Waals surface area contributed by atoms with Gasteiger partial charge < -0.3 is 0 Å². The van der Waals surface area contributed by atoms with Crippen molar-refractivity contribution in [3.63, 3.8) is 0 Å². The van der Waals surface area contributed by atoms with Gasteiger partial charge in [0.05, 0.1) is 11.4 Å². The van der Waals surface area contributed by atoms with Gasteiger partial charge in [-0.05, 0) is 42.7 Å². The summed E-state index contributed by atoms with van der Waals surface area (Å²) in [5.41, 5.74) is 3.15. The highest BCUT2D eigenvalue weighted by atomic mass is 32.2. The zero-order valence-corrected chi connectivity index (χ0v) is 12.1. The molecule has 98 valence electrons. The Bertz CT molecular complexity index is 636. The summed E-state index contributed by atoms with van der Waals surface area (Å²) in [4.78, 5) is 0.246. The zero-order chi connectivity index (χ0) is 13.3. The Morgan fingerprint density at radius 3 is 2.56 bits per heavy atom. The third kappa shape index (κ3) is 2.47. The fourth-order valence-electron chi connectivity index (χ4n) is 1.75. The molecule has 0 spiro atoms. The average Bonchev–Trinajstić information content (AvgIpc) is 2.83. The van der Waals surface area contributed by atoms with Gasteiger partial charge in [-0.2, -0.15) is 16.4 Å². The number of aromatic nitrogens is 2. The Morgan fingerprint density at radius 1 is 1.33 bits per heavy atom. The van der Waals surface area contributed by atoms with Crippen molar-refractivity contribution in [2.75, 3.05) is 0 Å². The van der Waals surface area contributed by atoms with Crippen LogP contribution in [0.4, 0.5) is 0 Å². The Morgan fingerprint density at radius 2 is 2.06 bits per heavy atom. The molecule has 18 heavy (non-hydrogen) atoms. The van der Waals surface area contributed by atoms with Crippen LogP contribution in [-0.2, 0) is 16.6 Å². The van der Waals surface area contributed by atoms with Crippen LogP contribution in [0.25, 0.3) is 0 Å². The second kappa shape index (κ2) is 4.83. The number of rotatable bonds is 4. The number of nitrogens with one attached hydrogen (secondary N) is 2. The molecule has 0 bridgehead atoms. The number of aryl methyl sites for hydroxylation is 3. The van der Waals surface area contributed by atoms with Gasteiger partial charge in [0.25, 0.3) is 0 Å². The van der Waals surface area contributed by atoms with E-state index in [4.69, 9.17) is 0 Å². The van der Waals surface area contributed by atoms with Crippen molar-refractivity contribution in [2.45, 2.75) is 32.2 Å². The quantitative estimate of drug-likeness (QED) is 0.900. The van der Waals surface area contributed by atoms with E-state index in [9.17, 15) is 8.42 Å². The van der Waals surface area contributed by atoms with Gasteiger partial charge in [0.1, 0.15) is 4.90 Å². The summed E-state index contributed by atoms with van der Waals surface area (Å²) < 4.78 is 27.0. The summed E-state index contributed by atoms with van der Waals surface area (Å²) in [5.74, 6) is 0. The number of aromatic amines is 1. The Labute approximate surface area is 110 Å². The molecule has 0 radical (unpaired) electrons. The fourth-order valence-corrected chi connectivity index (χ4v) is 3.98. The number of nitrogens with zero attached hydrogens (tertiary/aromatic N) is 1. The van der Waals surface area contributed by atoms with Crippen LogP contribution in [-0.4, -0.2) is 18.6 Å². The monoisotopic (exact) mass is 285 g/mol. The van der Waals surface area contributed by atoms with Crippen molar-refractivity contribution < 1.29 is 8.42 Å². The van der Waals surface area contributed by atoms with Gasteiger partial charge in [-0.25, -0.2) is 13.1 Å². The lowest BCUT2D eigenvalue weighted by atomic mass is 10.2. The molecule has 2 aromatic heterocycles. The SMILES string of the molecule is Cc1cscc1CNS(=O)(=O)c1c(C)n[nH]c1C. The minimum absolute atomic E-state index is 0.246. The molecule has 0 aliphatic carbocycles. The second-order valence-electron chi connectivity index (χ2n) is 4.17. The molecule has 0 aliphatic rings. The largest absolute Gasteiger partial charge is 0.281 e. The zero-order valence-electron chi connectivity index (χ0n) is 10.4. The van der Waals surface area contributed by atoms with Gasteiger partial charge in [0.2, 0.25) is 10.0 Å². The number of hydrogen-bond donors (Lipinski definition) is 2. The van der Waals surface area contributed by atoms with Crippen LogP contribution < -0.4 is 4.72 Å². The van der Waals surface area contributed by atoms with Crippen molar-refractivity contribution in [1.29, 1.82) is 0 Å². The van der Waals surface area contributed by atoms with Crippen molar-refractivity contribution in [2.24, 2.45) is 0 Å². The van der Waals surface area contributed by atoms with Crippen LogP contribution in [0.3, 0.4) is 0 Å². The lowest BCUT2D eigenvalue weighted by Gasteiger charge is -2.06. The summed E-state index contributed by atoms with van der Waals surface area (Å²) in [6, 6.07) is 0. The molecule has 2 rings (SSSR count). The van der Waals surface area contributed by atoms with E-state index in [1.54, 1.807) is 25.2 Å². The molecular formula is C11H15N3O2S2. The molecular weight excluding hydrogens is 270 g/mol. The van der Waals surface area contributed by atoms with E-state index in [-0.39, 0.29) is 4.90 Å². The van der Waals surface area contributed by atoms with Gasteiger partial charge >= 0.3 is 0 Å². The van der Waals surface area contributed by atoms with Gasteiger partial charge in [0, 0.05) is 6.54 Å². The van der Waals surface area contributed by atoms with E-state index >= 15 is 0 Å². The maximum Gasteiger partial charge on any atom is 0.244 e. The third-order valence-corrected chi connectivity index (χ3v) is 5.32. The topological polar surface area (TPSA) is 74.8 Å². The van der Waals surface area contributed by atoms with Gasteiger partial charge in [0.15, 0.2) is 0 Å². The fraction of sp³-hybridized carbons (Fsp3) is 0.364. The van der Waals surface area contributed by atoms with E-state index in [2.05, 4.69) is 14.9 Å². The van der Waals surface area contributed by atoms with Crippen LogP contribution in [0, 0.1) is 20.8 Å². The highest BCUT2D eigenvalue weighted by Crippen LogP contribution is 2.18. The summed E-state index contributed by atoms with van der Waals surface area (Å²) in [6.07, 6.45) is 0. The highest BCUT2D eigenvalue weighted by molar-refractivity contribution is 7.89. The minimum Gasteiger partial charge on any atom is -0.281 e. The number of hydrogen-bond acceptors (Lipinski definition) is 4. The lowest BCUT2D eigenvalue weighted by Crippen LogP contribution is -2.24. The first-order valence-electron chi connectivity index (χ1n) is 5.44. The molecule has 0 fully saturated rings. The van der Waals surface area contributed by atoms with E-state index in [1.165, 1.54) is 0 Å². The predicted octanol–water partition coefficient (Wildman–Crippen LogP) is 1.87. The summed E-state index contributed by atoms with van der Waals surface area (Å²) in [6.45, 7) is 5.65. The van der Waals surface area contributed by atoms with Crippen LogP contribution in [0.5, 0.6) is 0 Å². The molecule has 0 atom stereocenters. The molecule has 7 heteroatoms. The first-order valence-corrected chi connectivity index (χ1v) is 7.87. The van der Waals surface area contributed by atoms with Crippen molar-refractivity contribution in [3.05, 3.63) is 33.3 Å². The summed E-state index contributed by atoms with van der Waals surface area (Å²) in [7, 11) is -3.51. The van der Waals surface area contributed by atoms with E-state index in [1.807, 2.05) is 17.7 Å². The smallest absolute Gasteiger partial charge is 0.244 e. The van der Waals surface area contributed by atoms with Crippen LogP contribution in [0.15, 0.2) is 15.7 Å². The third-order valence-electron chi connectivity index (χ3n) is 2.74. The van der Waals surface area contributed by atoms with Crippen LogP contribution in [0.1, 0.15) is 22.5 Å². The molecule has 0 aliphatic heterocycles. The molecule has 2 aromatic rings. The lowest BCUT2D eigenvalue weighted by molar-refractivity contribution is 0.580. The highest BCUT2D eigenvalue weighted by Gasteiger charge is 2.21. The molecule has 5 nitrogen and oxygen atoms in total. The van der Waals surface area contributed by atoms with Crippen LogP contribution in [0.2, 0.25) is 0 Å². The van der Waals surface area contributed by atoms with Gasteiger partial charge in [-0.15, -0.1) is 0 Å². The predicted molar refractivity (Wildman–Crippen MR) is 71.1 cm³/mol. The van der Waals surface area contributed by atoms with Gasteiger partial charge in [-0.3, -0.25) is 5.10 Å². The molecule has 0 aromatic carbocycles. The van der Waals surface area contributed by atoms with Crippen molar-refractivity contribution >= 4 is 21.4 Å². The Hall–Kier alpha value is -1.18. The molecule has 0 saturated carbocycles. The van der Waals surface area contributed by atoms with Gasteiger partial charge in [-0.1, -0.05) is 0 Å². The molecule has 2 heterocycles. The number of thiophene rings is 1. The first kappa shape index (κ1) is 13.3. The number of sulfonamides is 1. The normalized spacial score (nSPS) is 11.9. The van der Waals surface area contributed by atoms with Crippen LogP contribution >= 0.6 is 11.3 Å². The molecule has 0 amide bonds. The van der Waals surface area contributed by atoms with Crippen molar-refractivity contribution in [3.8, 4) is 0 Å². The minimum atomic E-state index is -3.51. The van der Waals surface area contributed by atoms with E-state index in [0.717, 1.165) is 11.1 Å². The molecule has 2 N–H and O–H groups in total. The second-order valence-corrected chi connectivity index (χ2v) is 6.62. The van der Waals surface area contributed by atoms with Crippen molar-refractivity contribution in [1.82, 2.24) is 14.9 Å². The Kier molecular flexibility index (Phi) is 3.56.